The van der Waals surface area contributed by atoms with Crippen LogP contribution >= 0.6 is 11.8 Å². The number of methoxy groups -OCH3 is 1. The average Bonchev–Trinajstić information content (AvgIpc) is 3.39. The number of nitrogens with zero attached hydrogens (tertiary/aromatic N) is 2. The first kappa shape index (κ1) is 31.8. The molecule has 0 saturated carbocycles. The fourth-order valence-electron chi connectivity index (χ4n) is 3.16. The molecule has 1 aromatic heterocycles. The number of carbonyl (C=O) groups is 2. The van der Waals surface area contributed by atoms with Gasteiger partial charge >= 0.3 is 6.09 Å². The van der Waals surface area contributed by atoms with Crippen molar-refractivity contribution in [2.75, 3.05) is 20.2 Å². The zero-order valence-electron chi connectivity index (χ0n) is 23.3. The lowest BCUT2D eigenvalue weighted by molar-refractivity contribution is -0.130. The molecule has 7 nitrogen and oxygen atoms in total. The molecule has 0 bridgehead atoms. The third-order valence-corrected chi connectivity index (χ3v) is 6.02. The predicted octanol–water partition coefficient (Wildman–Crippen LogP) is 7.07. The highest BCUT2D eigenvalue weighted by Crippen LogP contribution is 2.33. The smallest absolute Gasteiger partial charge is 0.407 e. The molecule has 0 aliphatic carbocycles. The molecule has 202 valence electrons. The van der Waals surface area contributed by atoms with Crippen LogP contribution in [0.4, 0.5) is 4.79 Å². The SMILES string of the molecule is CC.CCC.CCCN(Cc1ncc(-c2ccc(C)c(Sc3ccccc3)c2)[nH]1)C(=O)CNC(=O)OC. The van der Waals surface area contributed by atoms with E-state index in [1.165, 1.54) is 28.9 Å². The Hall–Kier alpha value is -3.26. The highest BCUT2D eigenvalue weighted by molar-refractivity contribution is 7.99. The summed E-state index contributed by atoms with van der Waals surface area (Å²) in [5.41, 5.74) is 3.14. The van der Waals surface area contributed by atoms with Crippen LogP contribution < -0.4 is 5.32 Å². The number of hydrogen-bond donors (Lipinski definition) is 2. The van der Waals surface area contributed by atoms with Gasteiger partial charge < -0.3 is 19.9 Å². The molecule has 0 fully saturated rings. The molecule has 0 aliphatic rings. The minimum absolute atomic E-state index is 0.113. The van der Waals surface area contributed by atoms with E-state index in [-0.39, 0.29) is 12.5 Å². The fraction of sp³-hybridized carbons (Fsp3) is 0.414. The molecular formula is C29H42N4O3S. The summed E-state index contributed by atoms with van der Waals surface area (Å²) in [5, 5.41) is 2.43. The number of H-pyrrole nitrogens is 1. The number of alkyl carbamates (subject to hydrolysis) is 1. The topological polar surface area (TPSA) is 87.3 Å². The van der Waals surface area contributed by atoms with E-state index in [2.05, 4.69) is 71.1 Å². The van der Waals surface area contributed by atoms with Crippen LogP contribution in [0, 0.1) is 6.92 Å². The summed E-state index contributed by atoms with van der Waals surface area (Å²) in [6.07, 6.45) is 3.21. The largest absolute Gasteiger partial charge is 0.453 e. The maximum Gasteiger partial charge on any atom is 0.407 e. The monoisotopic (exact) mass is 526 g/mol. The first-order valence-corrected chi connectivity index (χ1v) is 13.7. The van der Waals surface area contributed by atoms with Gasteiger partial charge in [0.05, 0.1) is 25.5 Å². The summed E-state index contributed by atoms with van der Waals surface area (Å²) in [7, 11) is 1.27. The molecular weight excluding hydrogens is 484 g/mol. The second kappa shape index (κ2) is 18.1. The standard InChI is InChI=1S/C24H28N4O3S.C3H8.C2H6/c1-4-12-28(23(29)15-26-24(30)31-3)16-22-25-14-20(27-22)18-11-10-17(2)21(13-18)32-19-8-6-5-7-9-19;1-3-2;1-2/h5-11,13-14H,4,12,15-16H2,1-3H3,(H,25,27)(H,26,30);3H2,1-2H3;1-2H3. The number of rotatable bonds is 9. The van der Waals surface area contributed by atoms with Gasteiger partial charge in [0.15, 0.2) is 0 Å². The van der Waals surface area contributed by atoms with E-state index in [1.807, 2.05) is 39.0 Å². The normalized spacial score (nSPS) is 9.81. The van der Waals surface area contributed by atoms with Crippen molar-refractivity contribution >= 4 is 23.8 Å². The van der Waals surface area contributed by atoms with E-state index >= 15 is 0 Å². The predicted molar refractivity (Wildman–Crippen MR) is 153 cm³/mol. The van der Waals surface area contributed by atoms with Gasteiger partial charge in [0, 0.05) is 21.9 Å². The number of aryl methyl sites for hydroxylation is 1. The van der Waals surface area contributed by atoms with Crippen LogP contribution in [0.2, 0.25) is 0 Å². The molecule has 0 saturated heterocycles. The lowest BCUT2D eigenvalue weighted by Gasteiger charge is -2.21. The van der Waals surface area contributed by atoms with Crippen molar-refractivity contribution in [1.29, 1.82) is 0 Å². The molecule has 37 heavy (non-hydrogen) atoms. The minimum Gasteiger partial charge on any atom is -0.453 e. The highest BCUT2D eigenvalue weighted by Gasteiger charge is 2.16. The van der Waals surface area contributed by atoms with E-state index < -0.39 is 6.09 Å². The quantitative estimate of drug-likeness (QED) is 0.311. The maximum absolute atomic E-state index is 12.5. The second-order valence-corrected chi connectivity index (χ2v) is 9.12. The highest BCUT2D eigenvalue weighted by atomic mass is 32.2. The Kier molecular flexibility index (Phi) is 15.5. The summed E-state index contributed by atoms with van der Waals surface area (Å²) in [5.74, 6) is 0.504. The molecule has 2 N–H and O–H groups in total. The molecule has 0 spiro atoms. The molecule has 0 radical (unpaired) electrons. The van der Waals surface area contributed by atoms with Crippen molar-refractivity contribution in [1.82, 2.24) is 20.2 Å². The first-order chi connectivity index (χ1) is 17.9. The van der Waals surface area contributed by atoms with Crippen LogP contribution in [-0.4, -0.2) is 47.1 Å². The minimum atomic E-state index is -0.626. The Balaban J connectivity index is 0.00000127. The molecule has 0 unspecified atom stereocenters. The van der Waals surface area contributed by atoms with Crippen molar-refractivity contribution in [2.45, 2.75) is 70.7 Å². The number of amides is 2. The van der Waals surface area contributed by atoms with Gasteiger partial charge in [0.1, 0.15) is 12.4 Å². The first-order valence-electron chi connectivity index (χ1n) is 12.9. The summed E-state index contributed by atoms with van der Waals surface area (Å²) in [6.45, 7) is 13.1. The van der Waals surface area contributed by atoms with Crippen molar-refractivity contribution in [3.05, 3.63) is 66.1 Å². The van der Waals surface area contributed by atoms with Gasteiger partial charge in [-0.05, 0) is 37.1 Å². The van der Waals surface area contributed by atoms with Crippen LogP contribution in [0.15, 0.2) is 64.5 Å². The molecule has 2 amide bonds. The number of aromatic amines is 1. The zero-order valence-corrected chi connectivity index (χ0v) is 24.1. The summed E-state index contributed by atoms with van der Waals surface area (Å²) in [6, 6.07) is 16.6. The Morgan fingerprint density at radius 3 is 2.38 bits per heavy atom. The van der Waals surface area contributed by atoms with Crippen LogP contribution in [0.1, 0.15) is 58.8 Å². The third-order valence-electron chi connectivity index (χ3n) is 4.85. The Morgan fingerprint density at radius 2 is 1.76 bits per heavy atom. The average molecular weight is 527 g/mol. The van der Waals surface area contributed by atoms with Gasteiger partial charge in [-0.25, -0.2) is 9.78 Å². The number of imidazole rings is 1. The Bertz CT molecular complexity index is 1070. The molecule has 0 atom stereocenters. The van der Waals surface area contributed by atoms with Crippen molar-refractivity contribution < 1.29 is 14.3 Å². The number of carbonyl (C=O) groups excluding carboxylic acids is 2. The molecule has 1 heterocycles. The third kappa shape index (κ3) is 11.1. The lowest BCUT2D eigenvalue weighted by atomic mass is 10.1. The van der Waals surface area contributed by atoms with E-state index in [4.69, 9.17) is 0 Å². The molecule has 3 aromatic rings. The van der Waals surface area contributed by atoms with Gasteiger partial charge in [-0.3, -0.25) is 4.79 Å². The van der Waals surface area contributed by atoms with Gasteiger partial charge in [-0.15, -0.1) is 0 Å². The Labute approximate surface area is 226 Å². The molecule has 8 heteroatoms. The van der Waals surface area contributed by atoms with Crippen molar-refractivity contribution in [3.8, 4) is 11.3 Å². The van der Waals surface area contributed by atoms with Crippen molar-refractivity contribution in [2.24, 2.45) is 0 Å². The van der Waals surface area contributed by atoms with E-state index in [1.54, 1.807) is 22.9 Å². The molecule has 3 rings (SSSR count). The molecule has 0 aliphatic heterocycles. The summed E-state index contributed by atoms with van der Waals surface area (Å²) < 4.78 is 4.53. The van der Waals surface area contributed by atoms with Crippen LogP contribution in [0.5, 0.6) is 0 Å². The summed E-state index contributed by atoms with van der Waals surface area (Å²) >= 11 is 1.73. The number of hydrogen-bond acceptors (Lipinski definition) is 5. The Morgan fingerprint density at radius 1 is 1.08 bits per heavy atom. The lowest BCUT2D eigenvalue weighted by Crippen LogP contribution is -2.40. The summed E-state index contributed by atoms with van der Waals surface area (Å²) in [4.78, 5) is 35.6. The number of nitrogens with one attached hydrogen (secondary N) is 2. The fourth-order valence-corrected chi connectivity index (χ4v) is 4.12. The number of ether oxygens (including phenoxy) is 1. The maximum atomic E-state index is 12.5. The van der Waals surface area contributed by atoms with E-state index in [0.717, 1.165) is 17.7 Å². The van der Waals surface area contributed by atoms with Crippen LogP contribution in [-0.2, 0) is 16.1 Å². The number of benzene rings is 2. The van der Waals surface area contributed by atoms with Crippen LogP contribution in [0.25, 0.3) is 11.3 Å². The van der Waals surface area contributed by atoms with Crippen LogP contribution in [0.3, 0.4) is 0 Å². The van der Waals surface area contributed by atoms with E-state index in [0.29, 0.717) is 18.9 Å². The van der Waals surface area contributed by atoms with Gasteiger partial charge in [-0.2, -0.15) is 0 Å². The molecule has 2 aromatic carbocycles. The van der Waals surface area contributed by atoms with E-state index in [9.17, 15) is 9.59 Å². The number of aromatic nitrogens is 2. The van der Waals surface area contributed by atoms with Crippen molar-refractivity contribution in [3.63, 3.8) is 0 Å². The van der Waals surface area contributed by atoms with Gasteiger partial charge in [0.25, 0.3) is 0 Å². The zero-order chi connectivity index (χ0) is 27.6. The second-order valence-electron chi connectivity index (χ2n) is 8.01. The van der Waals surface area contributed by atoms with Gasteiger partial charge in [0.2, 0.25) is 5.91 Å². The van der Waals surface area contributed by atoms with Gasteiger partial charge in [-0.1, -0.05) is 83.1 Å².